The third kappa shape index (κ3) is 4.81. The molecular formula is C14H27NV. The summed E-state index contributed by atoms with van der Waals surface area (Å²) in [6.07, 6.45) is 6.69. The van der Waals surface area contributed by atoms with Gasteiger partial charge in [-0.3, -0.25) is 0 Å². The summed E-state index contributed by atoms with van der Waals surface area (Å²) in [5, 5.41) is 0. The normalized spacial score (nSPS) is 27.8. The molecule has 2 heteroatoms. The Kier molecular flexibility index (Phi) is 8.90. The predicted molar refractivity (Wildman–Crippen MR) is 67.5 cm³/mol. The maximum atomic E-state index is 4.19. The van der Waals surface area contributed by atoms with E-state index in [1.165, 1.54) is 45.2 Å². The van der Waals surface area contributed by atoms with Gasteiger partial charge < -0.3 is 18.7 Å². The van der Waals surface area contributed by atoms with Gasteiger partial charge in [0.2, 0.25) is 0 Å². The second-order valence-corrected chi connectivity index (χ2v) is 5.06. The Hall–Kier alpha value is 0.544. The third-order valence-electron chi connectivity index (χ3n) is 3.63. The first kappa shape index (κ1) is 16.5. The van der Waals surface area contributed by atoms with Gasteiger partial charge in [-0.2, -0.15) is 11.8 Å². The smallest absolute Gasteiger partial charge is 0.341 e. The summed E-state index contributed by atoms with van der Waals surface area (Å²) in [7, 11) is 0. The van der Waals surface area contributed by atoms with Crippen LogP contribution in [0.15, 0.2) is 0 Å². The van der Waals surface area contributed by atoms with Crippen molar-refractivity contribution in [3.05, 3.63) is 13.8 Å². The van der Waals surface area contributed by atoms with E-state index in [1.54, 1.807) is 0 Å². The molecule has 1 saturated heterocycles. The van der Waals surface area contributed by atoms with E-state index in [9.17, 15) is 0 Å². The van der Waals surface area contributed by atoms with Gasteiger partial charge in [-0.1, -0.05) is 33.1 Å². The Labute approximate surface area is 114 Å². The molecule has 1 fully saturated rings. The van der Waals surface area contributed by atoms with Crippen molar-refractivity contribution < 1.29 is 18.6 Å². The number of rotatable bonds is 6. The van der Waals surface area contributed by atoms with E-state index in [0.29, 0.717) is 11.8 Å². The zero-order valence-corrected chi connectivity index (χ0v) is 12.4. The molecule has 93 valence electrons. The molecule has 0 aliphatic carbocycles. The number of hydrogen-bond acceptors (Lipinski definition) is 1. The van der Waals surface area contributed by atoms with Crippen molar-refractivity contribution in [3.8, 4) is 0 Å². The Morgan fingerprint density at radius 2 is 1.62 bits per heavy atom. The summed E-state index contributed by atoms with van der Waals surface area (Å²) in [5.41, 5.74) is 0. The molecule has 0 amide bonds. The van der Waals surface area contributed by atoms with Crippen LogP contribution in [-0.4, -0.2) is 24.0 Å². The number of likely N-dealkylation sites (tertiary alicyclic amines) is 1. The summed E-state index contributed by atoms with van der Waals surface area (Å²) in [6, 6.07) is 0.797. The number of nitrogens with zero attached hydrogens (tertiary/aromatic N) is 1. The van der Waals surface area contributed by atoms with Gasteiger partial charge in [-0.05, 0) is 25.9 Å². The standard InChI is InChI=1S/C14H27N.V/c1-5-7-9-14(8-6-2)15-10-12(3)13(4)11-15;/h12-14H,3-11H2,1-2H3;/q-2;+2. The van der Waals surface area contributed by atoms with Crippen molar-refractivity contribution in [3.63, 3.8) is 0 Å². The minimum atomic E-state index is 0. The van der Waals surface area contributed by atoms with E-state index in [-0.39, 0.29) is 18.6 Å². The molecule has 3 atom stereocenters. The summed E-state index contributed by atoms with van der Waals surface area (Å²) < 4.78 is 0. The average Bonchev–Trinajstić information content (AvgIpc) is 2.54. The maximum Gasteiger partial charge on any atom is 2.00 e. The molecular weight excluding hydrogens is 233 g/mol. The molecule has 1 heterocycles. The topological polar surface area (TPSA) is 3.24 Å². The van der Waals surface area contributed by atoms with E-state index < -0.39 is 0 Å². The molecule has 0 saturated carbocycles. The summed E-state index contributed by atoms with van der Waals surface area (Å²) in [5.74, 6) is 1.09. The van der Waals surface area contributed by atoms with E-state index in [2.05, 4.69) is 32.6 Å². The Bertz CT molecular complexity index is 162. The van der Waals surface area contributed by atoms with Crippen molar-refractivity contribution >= 4 is 0 Å². The van der Waals surface area contributed by atoms with Gasteiger partial charge in [0, 0.05) is 6.04 Å². The Morgan fingerprint density at radius 1 is 1.06 bits per heavy atom. The predicted octanol–water partition coefficient (Wildman–Crippen LogP) is 3.56. The van der Waals surface area contributed by atoms with Crippen molar-refractivity contribution in [2.24, 2.45) is 11.8 Å². The van der Waals surface area contributed by atoms with Crippen LogP contribution in [0.2, 0.25) is 0 Å². The van der Waals surface area contributed by atoms with Crippen molar-refractivity contribution in [1.29, 1.82) is 0 Å². The van der Waals surface area contributed by atoms with Crippen LogP contribution in [0.4, 0.5) is 0 Å². The fraction of sp³-hybridized carbons (Fsp3) is 0.857. The fourth-order valence-corrected chi connectivity index (χ4v) is 2.56. The van der Waals surface area contributed by atoms with Crippen molar-refractivity contribution in [2.45, 2.75) is 52.0 Å². The first-order valence-corrected chi connectivity index (χ1v) is 6.59. The van der Waals surface area contributed by atoms with Crippen LogP contribution in [0, 0.1) is 25.7 Å². The van der Waals surface area contributed by atoms with Crippen molar-refractivity contribution in [2.75, 3.05) is 13.1 Å². The van der Waals surface area contributed by atoms with Gasteiger partial charge in [0.05, 0.1) is 0 Å². The monoisotopic (exact) mass is 260 g/mol. The van der Waals surface area contributed by atoms with Gasteiger partial charge >= 0.3 is 18.6 Å². The summed E-state index contributed by atoms with van der Waals surface area (Å²) in [6.45, 7) is 15.3. The zero-order valence-electron chi connectivity index (χ0n) is 11.0. The van der Waals surface area contributed by atoms with Gasteiger partial charge in [0.25, 0.3) is 0 Å². The summed E-state index contributed by atoms with van der Waals surface area (Å²) in [4.78, 5) is 2.63. The van der Waals surface area contributed by atoms with E-state index >= 15 is 0 Å². The SMILES string of the molecule is [CH2-]C1CN(C(CCC)CCCC)CC1[CH2-].[V+2]. The first-order chi connectivity index (χ1) is 7.19. The maximum absolute atomic E-state index is 4.19. The quantitative estimate of drug-likeness (QED) is 0.660. The zero-order chi connectivity index (χ0) is 11.3. The fourth-order valence-electron chi connectivity index (χ4n) is 2.56. The van der Waals surface area contributed by atoms with Crippen molar-refractivity contribution in [1.82, 2.24) is 4.90 Å². The Morgan fingerprint density at radius 3 is 2.06 bits per heavy atom. The molecule has 1 nitrogen and oxygen atoms in total. The minimum absolute atomic E-state index is 0. The molecule has 0 bridgehead atoms. The molecule has 0 aromatic carbocycles. The van der Waals surface area contributed by atoms with Crippen LogP contribution in [0.25, 0.3) is 0 Å². The second-order valence-electron chi connectivity index (χ2n) is 5.06. The van der Waals surface area contributed by atoms with Crippen LogP contribution in [0.5, 0.6) is 0 Å². The molecule has 0 spiro atoms. The molecule has 16 heavy (non-hydrogen) atoms. The second kappa shape index (κ2) is 8.61. The molecule has 0 aromatic rings. The molecule has 1 aliphatic rings. The van der Waals surface area contributed by atoms with Crippen LogP contribution < -0.4 is 0 Å². The van der Waals surface area contributed by atoms with Crippen LogP contribution in [0.1, 0.15) is 46.0 Å². The van der Waals surface area contributed by atoms with E-state index in [4.69, 9.17) is 0 Å². The molecule has 0 aromatic heterocycles. The Balaban J connectivity index is 0.00000225. The summed E-state index contributed by atoms with van der Waals surface area (Å²) >= 11 is 0. The van der Waals surface area contributed by atoms with Gasteiger partial charge in [0.15, 0.2) is 0 Å². The van der Waals surface area contributed by atoms with Crippen LogP contribution >= 0.6 is 0 Å². The molecule has 1 radical (unpaired) electrons. The molecule has 0 N–H and O–H groups in total. The molecule has 1 aliphatic heterocycles. The van der Waals surface area contributed by atoms with Gasteiger partial charge in [0.1, 0.15) is 0 Å². The number of hydrogen-bond donors (Lipinski definition) is 0. The van der Waals surface area contributed by atoms with E-state index in [1.807, 2.05) is 0 Å². The first-order valence-electron chi connectivity index (χ1n) is 6.59. The van der Waals surface area contributed by atoms with Crippen LogP contribution in [0.3, 0.4) is 0 Å². The van der Waals surface area contributed by atoms with Gasteiger partial charge in [-0.25, -0.2) is 0 Å². The molecule has 1 rings (SSSR count). The minimum Gasteiger partial charge on any atom is -0.341 e. The van der Waals surface area contributed by atoms with Crippen LogP contribution in [-0.2, 0) is 18.6 Å². The largest absolute Gasteiger partial charge is 2.00 e. The average molecular weight is 260 g/mol. The van der Waals surface area contributed by atoms with E-state index in [0.717, 1.165) is 6.04 Å². The third-order valence-corrected chi connectivity index (χ3v) is 3.63. The molecule has 3 unspecified atom stereocenters. The number of unbranched alkanes of at least 4 members (excludes halogenated alkanes) is 1. The van der Waals surface area contributed by atoms with Gasteiger partial charge in [-0.15, -0.1) is 0 Å².